The molecule has 0 unspecified atom stereocenters. The van der Waals surface area contributed by atoms with Gasteiger partial charge in [0.05, 0.1) is 12.7 Å². The van der Waals surface area contributed by atoms with E-state index in [4.69, 9.17) is 0 Å². The molecule has 1 aromatic heterocycles. The summed E-state index contributed by atoms with van der Waals surface area (Å²) in [7, 11) is 0. The molecule has 0 bridgehead atoms. The molecule has 0 aliphatic heterocycles. The first-order valence-corrected chi connectivity index (χ1v) is 7.98. The number of hydrazone groups is 1. The lowest BCUT2D eigenvalue weighted by atomic mass is 10.1. The van der Waals surface area contributed by atoms with Gasteiger partial charge in [0.1, 0.15) is 17.2 Å². The number of rotatable bonds is 5. The molecular weight excluding hydrogens is 379 g/mol. The lowest BCUT2D eigenvalue weighted by molar-refractivity contribution is 0.141. The summed E-state index contributed by atoms with van der Waals surface area (Å²) in [6.07, 6.45) is 3.11. The average Bonchev–Trinajstić information content (AvgIpc) is 2.52. The van der Waals surface area contributed by atoms with Crippen LogP contribution >= 0.6 is 15.9 Å². The number of hydrogen-bond donors (Lipinski definition) is 1. The molecule has 0 atom stereocenters. The van der Waals surface area contributed by atoms with Gasteiger partial charge in [0.15, 0.2) is 0 Å². The second-order valence-electron chi connectivity index (χ2n) is 5.42. The van der Waals surface area contributed by atoms with Crippen LogP contribution in [0.5, 0.6) is 0 Å². The van der Waals surface area contributed by atoms with Crippen LogP contribution in [0.15, 0.2) is 46.4 Å². The van der Waals surface area contributed by atoms with Gasteiger partial charge in [0, 0.05) is 22.4 Å². The first-order valence-electron chi connectivity index (χ1n) is 7.19. The van der Waals surface area contributed by atoms with Crippen molar-refractivity contribution in [2.45, 2.75) is 13.8 Å². The summed E-state index contributed by atoms with van der Waals surface area (Å²) in [6.45, 7) is 3.92. The van der Waals surface area contributed by atoms with Gasteiger partial charge in [-0.05, 0) is 24.1 Å². The van der Waals surface area contributed by atoms with Crippen LogP contribution < -0.4 is 0 Å². The Kier molecular flexibility index (Phi) is 5.97. The Hall–Kier alpha value is -2.35. The molecule has 0 fully saturated rings. The fourth-order valence-corrected chi connectivity index (χ4v) is 2.31. The van der Waals surface area contributed by atoms with Crippen LogP contribution in [0, 0.1) is 11.7 Å². The van der Waals surface area contributed by atoms with Gasteiger partial charge >= 0.3 is 6.09 Å². The van der Waals surface area contributed by atoms with Crippen molar-refractivity contribution in [3.8, 4) is 0 Å². The molecule has 8 heteroatoms. The van der Waals surface area contributed by atoms with Gasteiger partial charge in [-0.2, -0.15) is 10.1 Å². The lowest BCUT2D eigenvalue weighted by Crippen LogP contribution is -2.30. The minimum atomic E-state index is -1.22. The third-order valence-corrected chi connectivity index (χ3v) is 3.46. The minimum absolute atomic E-state index is 0.0581. The summed E-state index contributed by atoms with van der Waals surface area (Å²) in [4.78, 5) is 19.5. The summed E-state index contributed by atoms with van der Waals surface area (Å²) < 4.78 is 14.9. The predicted octanol–water partition coefficient (Wildman–Crippen LogP) is 3.77. The van der Waals surface area contributed by atoms with Gasteiger partial charge in [-0.1, -0.05) is 29.8 Å². The molecule has 1 heterocycles. The van der Waals surface area contributed by atoms with Gasteiger partial charge in [-0.15, -0.1) is 0 Å². The smallest absolute Gasteiger partial charge is 0.427 e. The highest BCUT2D eigenvalue weighted by Crippen LogP contribution is 2.19. The zero-order valence-corrected chi connectivity index (χ0v) is 14.7. The predicted molar refractivity (Wildman–Crippen MR) is 91.3 cm³/mol. The second-order valence-corrected chi connectivity index (χ2v) is 6.34. The third kappa shape index (κ3) is 4.58. The number of aromatic nitrogens is 2. The molecule has 0 aliphatic rings. The van der Waals surface area contributed by atoms with E-state index >= 15 is 0 Å². The summed E-state index contributed by atoms with van der Waals surface area (Å²) >= 11 is 3.20. The van der Waals surface area contributed by atoms with E-state index < -0.39 is 11.9 Å². The SMILES string of the molecule is CC(C)CN(N=C(c1cnccn1)c1ccc(Br)cc1F)C(=O)O. The maximum absolute atomic E-state index is 14.4. The van der Waals surface area contributed by atoms with E-state index in [1.54, 1.807) is 6.07 Å². The molecule has 1 N–H and O–H groups in total. The summed E-state index contributed by atoms with van der Waals surface area (Å²) in [6, 6.07) is 4.45. The fourth-order valence-electron chi connectivity index (χ4n) is 1.97. The Labute approximate surface area is 147 Å². The number of benzene rings is 1. The van der Waals surface area contributed by atoms with Crippen molar-refractivity contribution >= 4 is 27.7 Å². The van der Waals surface area contributed by atoms with E-state index in [1.807, 2.05) is 13.8 Å². The van der Waals surface area contributed by atoms with E-state index in [9.17, 15) is 14.3 Å². The highest BCUT2D eigenvalue weighted by atomic mass is 79.9. The van der Waals surface area contributed by atoms with Crippen LogP contribution in [0.2, 0.25) is 0 Å². The average molecular weight is 395 g/mol. The molecule has 1 aromatic carbocycles. The fraction of sp³-hybridized carbons (Fsp3) is 0.250. The summed E-state index contributed by atoms with van der Waals surface area (Å²) in [5.74, 6) is -0.480. The maximum Gasteiger partial charge on any atom is 0.427 e. The Morgan fingerprint density at radius 1 is 1.42 bits per heavy atom. The zero-order chi connectivity index (χ0) is 17.7. The lowest BCUT2D eigenvalue weighted by Gasteiger charge is -2.18. The number of hydrogen-bond acceptors (Lipinski definition) is 4. The van der Waals surface area contributed by atoms with Crippen molar-refractivity contribution in [3.63, 3.8) is 0 Å². The molecule has 0 radical (unpaired) electrons. The van der Waals surface area contributed by atoms with Crippen molar-refractivity contribution in [1.29, 1.82) is 0 Å². The molecule has 0 spiro atoms. The van der Waals surface area contributed by atoms with Crippen LogP contribution in [0.1, 0.15) is 25.1 Å². The van der Waals surface area contributed by atoms with Crippen LogP contribution in [0.25, 0.3) is 0 Å². The quantitative estimate of drug-likeness (QED) is 0.618. The molecule has 0 aliphatic carbocycles. The van der Waals surface area contributed by atoms with Crippen molar-refractivity contribution in [1.82, 2.24) is 15.0 Å². The van der Waals surface area contributed by atoms with Crippen LogP contribution in [0.3, 0.4) is 0 Å². The Morgan fingerprint density at radius 2 is 2.17 bits per heavy atom. The topological polar surface area (TPSA) is 78.7 Å². The largest absolute Gasteiger partial charge is 0.464 e. The Bertz CT molecular complexity index is 753. The number of carbonyl (C=O) groups is 1. The monoisotopic (exact) mass is 394 g/mol. The first-order chi connectivity index (χ1) is 11.4. The molecule has 24 heavy (non-hydrogen) atoms. The Balaban J connectivity index is 2.58. The standard InChI is InChI=1S/C16H16BrFN4O2/c1-10(2)9-22(16(23)24)21-15(14-8-19-5-6-20-14)12-4-3-11(17)7-13(12)18/h3-8,10H,9H2,1-2H3,(H,23,24). The van der Waals surface area contributed by atoms with Crippen LogP contribution in [0.4, 0.5) is 9.18 Å². The van der Waals surface area contributed by atoms with Gasteiger partial charge in [-0.25, -0.2) is 9.18 Å². The van der Waals surface area contributed by atoms with Gasteiger partial charge in [0.2, 0.25) is 0 Å². The van der Waals surface area contributed by atoms with Gasteiger partial charge < -0.3 is 5.11 Å². The van der Waals surface area contributed by atoms with E-state index in [0.29, 0.717) is 4.47 Å². The van der Waals surface area contributed by atoms with Crippen molar-refractivity contribution in [3.05, 3.63) is 58.3 Å². The molecule has 6 nitrogen and oxygen atoms in total. The van der Waals surface area contributed by atoms with Crippen molar-refractivity contribution in [2.24, 2.45) is 11.0 Å². The van der Waals surface area contributed by atoms with E-state index in [0.717, 1.165) is 5.01 Å². The van der Waals surface area contributed by atoms with E-state index in [-0.39, 0.29) is 29.4 Å². The summed E-state index contributed by atoms with van der Waals surface area (Å²) in [5, 5.41) is 14.4. The minimum Gasteiger partial charge on any atom is -0.464 e. The van der Waals surface area contributed by atoms with E-state index in [2.05, 4.69) is 31.0 Å². The van der Waals surface area contributed by atoms with Gasteiger partial charge in [0.25, 0.3) is 0 Å². The highest BCUT2D eigenvalue weighted by Gasteiger charge is 2.19. The van der Waals surface area contributed by atoms with Crippen molar-refractivity contribution < 1.29 is 14.3 Å². The number of carboxylic acid groups (broad SMARTS) is 1. The zero-order valence-electron chi connectivity index (χ0n) is 13.1. The molecule has 0 saturated carbocycles. The van der Waals surface area contributed by atoms with Crippen LogP contribution in [-0.2, 0) is 0 Å². The second kappa shape index (κ2) is 7.96. The highest BCUT2D eigenvalue weighted by molar-refractivity contribution is 9.10. The molecule has 2 rings (SSSR count). The number of nitrogens with zero attached hydrogens (tertiary/aromatic N) is 4. The molecule has 2 aromatic rings. The molecule has 1 amide bonds. The normalized spacial score (nSPS) is 11.6. The first kappa shape index (κ1) is 18.0. The number of amides is 1. The molecule has 126 valence electrons. The van der Waals surface area contributed by atoms with Crippen molar-refractivity contribution in [2.75, 3.05) is 6.54 Å². The number of halogens is 2. The third-order valence-electron chi connectivity index (χ3n) is 2.97. The summed E-state index contributed by atoms with van der Waals surface area (Å²) in [5.41, 5.74) is 0.540. The Morgan fingerprint density at radius 3 is 2.71 bits per heavy atom. The van der Waals surface area contributed by atoms with Gasteiger partial charge in [-0.3, -0.25) is 9.97 Å². The van der Waals surface area contributed by atoms with E-state index in [1.165, 1.54) is 30.7 Å². The molecular formula is C16H16BrFN4O2. The van der Waals surface area contributed by atoms with Crippen LogP contribution in [-0.4, -0.2) is 38.4 Å². The molecule has 0 saturated heterocycles. The maximum atomic E-state index is 14.4.